The van der Waals surface area contributed by atoms with Gasteiger partial charge < -0.3 is 10.0 Å². The molecule has 30 heavy (non-hydrogen) atoms. The van der Waals surface area contributed by atoms with E-state index in [-0.39, 0.29) is 12.0 Å². The largest absolute Gasteiger partial charge is 0.388 e. The Labute approximate surface area is 180 Å². The number of amides is 1. The first kappa shape index (κ1) is 21.1. The highest BCUT2D eigenvalue weighted by Crippen LogP contribution is 2.31. The van der Waals surface area contributed by atoms with Gasteiger partial charge in [-0.3, -0.25) is 9.69 Å². The van der Waals surface area contributed by atoms with Gasteiger partial charge in [-0.25, -0.2) is 0 Å². The summed E-state index contributed by atoms with van der Waals surface area (Å²) in [6.45, 7) is 4.68. The number of likely N-dealkylation sites (tertiary alicyclic amines) is 1. The third-order valence-electron chi connectivity index (χ3n) is 6.69. The standard InChI is InChI=1S/C26H34N2O2/c1-2-26(30)28(22-10-4-3-5-11-22)19-23-12-6-7-16-27(23)18-20-14-15-24-21(17-20)9-8-13-25(24)29/h3-5,10-11,14-15,17,23,25,29H,2,6-9,12-13,16,18-19H2,1H3/t23?,25-/m0/s1. The van der Waals surface area contributed by atoms with Crippen molar-refractivity contribution in [2.75, 3.05) is 18.0 Å². The fourth-order valence-corrected chi connectivity index (χ4v) is 5.01. The Kier molecular flexibility index (Phi) is 6.86. The number of piperidine rings is 1. The van der Waals surface area contributed by atoms with E-state index in [0.29, 0.717) is 12.5 Å². The summed E-state index contributed by atoms with van der Waals surface area (Å²) in [6.07, 6.45) is 6.80. The second-order valence-corrected chi connectivity index (χ2v) is 8.75. The number of aryl methyl sites for hydroxylation is 1. The van der Waals surface area contributed by atoms with Crippen molar-refractivity contribution < 1.29 is 9.90 Å². The molecule has 2 aromatic rings. The molecule has 1 aliphatic heterocycles. The van der Waals surface area contributed by atoms with E-state index >= 15 is 0 Å². The fourth-order valence-electron chi connectivity index (χ4n) is 5.01. The van der Waals surface area contributed by atoms with E-state index in [2.05, 4.69) is 23.1 Å². The number of hydrogen-bond acceptors (Lipinski definition) is 3. The molecular formula is C26H34N2O2. The van der Waals surface area contributed by atoms with Crippen molar-refractivity contribution in [3.8, 4) is 0 Å². The molecule has 1 aliphatic carbocycles. The molecule has 1 unspecified atom stereocenters. The van der Waals surface area contributed by atoms with Crippen LogP contribution in [0.5, 0.6) is 0 Å². The lowest BCUT2D eigenvalue weighted by Gasteiger charge is -2.39. The van der Waals surface area contributed by atoms with Gasteiger partial charge in [0.1, 0.15) is 0 Å². The van der Waals surface area contributed by atoms with Crippen LogP contribution in [0.1, 0.15) is 68.2 Å². The summed E-state index contributed by atoms with van der Waals surface area (Å²) in [5.74, 6) is 0.189. The predicted molar refractivity (Wildman–Crippen MR) is 121 cm³/mol. The lowest BCUT2D eigenvalue weighted by molar-refractivity contribution is -0.118. The van der Waals surface area contributed by atoms with E-state index in [9.17, 15) is 9.90 Å². The molecule has 160 valence electrons. The van der Waals surface area contributed by atoms with Crippen molar-refractivity contribution in [1.29, 1.82) is 0 Å². The van der Waals surface area contributed by atoms with Crippen molar-refractivity contribution in [3.05, 3.63) is 65.2 Å². The quantitative estimate of drug-likeness (QED) is 0.745. The van der Waals surface area contributed by atoms with Crippen LogP contribution in [0.2, 0.25) is 0 Å². The fraction of sp³-hybridized carbons (Fsp3) is 0.500. The summed E-state index contributed by atoms with van der Waals surface area (Å²) in [7, 11) is 0. The van der Waals surface area contributed by atoms with Crippen molar-refractivity contribution >= 4 is 11.6 Å². The zero-order chi connectivity index (χ0) is 20.9. The van der Waals surface area contributed by atoms with Crippen LogP contribution in [-0.2, 0) is 17.8 Å². The normalized spacial score (nSPS) is 21.8. The average Bonchev–Trinajstić information content (AvgIpc) is 2.78. The molecule has 2 aromatic carbocycles. The molecule has 1 saturated heterocycles. The number of aliphatic hydroxyl groups excluding tert-OH is 1. The molecule has 2 aliphatic rings. The van der Waals surface area contributed by atoms with Gasteiger partial charge >= 0.3 is 0 Å². The second-order valence-electron chi connectivity index (χ2n) is 8.75. The van der Waals surface area contributed by atoms with Gasteiger partial charge in [0.2, 0.25) is 5.91 Å². The number of fused-ring (bicyclic) bond motifs is 1. The molecule has 2 atom stereocenters. The number of benzene rings is 2. The summed E-state index contributed by atoms with van der Waals surface area (Å²) in [6, 6.07) is 17.1. The Hall–Kier alpha value is -2.17. The molecule has 0 aromatic heterocycles. The van der Waals surface area contributed by atoms with Gasteiger partial charge in [-0.2, -0.15) is 0 Å². The number of carbonyl (C=O) groups is 1. The minimum atomic E-state index is -0.301. The van der Waals surface area contributed by atoms with E-state index < -0.39 is 0 Å². The first-order valence-electron chi connectivity index (χ1n) is 11.5. The van der Waals surface area contributed by atoms with Gasteiger partial charge in [0.05, 0.1) is 6.10 Å². The maximum atomic E-state index is 12.7. The Morgan fingerprint density at radius 3 is 2.73 bits per heavy atom. The summed E-state index contributed by atoms with van der Waals surface area (Å²) in [5.41, 5.74) is 4.75. The zero-order valence-corrected chi connectivity index (χ0v) is 18.1. The number of rotatable bonds is 6. The van der Waals surface area contributed by atoms with Gasteiger partial charge in [0, 0.05) is 31.2 Å². The van der Waals surface area contributed by atoms with E-state index in [4.69, 9.17) is 0 Å². The van der Waals surface area contributed by atoms with Crippen molar-refractivity contribution in [2.45, 2.75) is 70.6 Å². The molecule has 4 rings (SSSR count). The van der Waals surface area contributed by atoms with Crippen LogP contribution in [-0.4, -0.2) is 35.0 Å². The molecular weight excluding hydrogens is 372 g/mol. The first-order chi connectivity index (χ1) is 14.7. The molecule has 0 radical (unpaired) electrons. The molecule has 1 amide bonds. The van der Waals surface area contributed by atoms with Crippen LogP contribution in [0.4, 0.5) is 5.69 Å². The monoisotopic (exact) mass is 406 g/mol. The SMILES string of the molecule is CCC(=O)N(CC1CCCCN1Cc1ccc2c(c1)CCC[C@@H]2O)c1ccccc1. The predicted octanol–water partition coefficient (Wildman–Crippen LogP) is 4.85. The van der Waals surface area contributed by atoms with E-state index in [1.165, 1.54) is 24.0 Å². The maximum absolute atomic E-state index is 12.7. The van der Waals surface area contributed by atoms with E-state index in [0.717, 1.165) is 56.6 Å². The summed E-state index contributed by atoms with van der Waals surface area (Å²) < 4.78 is 0. The van der Waals surface area contributed by atoms with Gasteiger partial charge in [0.25, 0.3) is 0 Å². The Morgan fingerprint density at radius 2 is 1.93 bits per heavy atom. The highest BCUT2D eigenvalue weighted by Gasteiger charge is 2.27. The van der Waals surface area contributed by atoms with Crippen LogP contribution in [0.25, 0.3) is 0 Å². The Morgan fingerprint density at radius 1 is 1.10 bits per heavy atom. The van der Waals surface area contributed by atoms with Crippen LogP contribution < -0.4 is 4.90 Å². The maximum Gasteiger partial charge on any atom is 0.226 e. The van der Waals surface area contributed by atoms with Crippen LogP contribution in [0, 0.1) is 0 Å². The Balaban J connectivity index is 1.51. The molecule has 1 fully saturated rings. The molecule has 4 heteroatoms. The van der Waals surface area contributed by atoms with Crippen LogP contribution >= 0.6 is 0 Å². The highest BCUT2D eigenvalue weighted by molar-refractivity contribution is 5.93. The van der Waals surface area contributed by atoms with Gasteiger partial charge in [0.15, 0.2) is 0 Å². The topological polar surface area (TPSA) is 43.8 Å². The number of aliphatic hydroxyl groups is 1. The molecule has 0 saturated carbocycles. The minimum absolute atomic E-state index is 0.189. The van der Waals surface area contributed by atoms with Gasteiger partial charge in [-0.05, 0) is 67.5 Å². The number of anilines is 1. The van der Waals surface area contributed by atoms with Gasteiger partial charge in [-0.15, -0.1) is 0 Å². The lowest BCUT2D eigenvalue weighted by atomic mass is 9.88. The van der Waals surface area contributed by atoms with Crippen LogP contribution in [0.15, 0.2) is 48.5 Å². The molecule has 0 spiro atoms. The number of carbonyl (C=O) groups excluding carboxylic acids is 1. The molecule has 1 N–H and O–H groups in total. The second kappa shape index (κ2) is 9.76. The Bertz CT molecular complexity index is 851. The number of hydrogen-bond donors (Lipinski definition) is 1. The van der Waals surface area contributed by atoms with Crippen LogP contribution in [0.3, 0.4) is 0 Å². The average molecular weight is 407 g/mol. The van der Waals surface area contributed by atoms with Crippen molar-refractivity contribution in [1.82, 2.24) is 4.90 Å². The van der Waals surface area contributed by atoms with Crippen molar-refractivity contribution in [2.24, 2.45) is 0 Å². The third-order valence-corrected chi connectivity index (χ3v) is 6.69. The number of nitrogens with zero attached hydrogens (tertiary/aromatic N) is 2. The summed E-state index contributed by atoms with van der Waals surface area (Å²) in [4.78, 5) is 17.3. The number of para-hydroxylation sites is 1. The summed E-state index contributed by atoms with van der Waals surface area (Å²) in [5, 5.41) is 10.3. The zero-order valence-electron chi connectivity index (χ0n) is 18.1. The molecule has 0 bridgehead atoms. The lowest BCUT2D eigenvalue weighted by Crippen LogP contribution is -2.48. The molecule has 4 nitrogen and oxygen atoms in total. The molecule has 1 heterocycles. The smallest absolute Gasteiger partial charge is 0.226 e. The minimum Gasteiger partial charge on any atom is -0.388 e. The van der Waals surface area contributed by atoms with E-state index in [1.807, 2.05) is 42.2 Å². The van der Waals surface area contributed by atoms with Crippen molar-refractivity contribution in [3.63, 3.8) is 0 Å². The van der Waals surface area contributed by atoms with E-state index in [1.54, 1.807) is 0 Å². The van der Waals surface area contributed by atoms with Gasteiger partial charge in [-0.1, -0.05) is 49.7 Å². The third kappa shape index (κ3) is 4.76. The first-order valence-corrected chi connectivity index (χ1v) is 11.5. The summed E-state index contributed by atoms with van der Waals surface area (Å²) >= 11 is 0. The highest BCUT2D eigenvalue weighted by atomic mass is 16.3.